The third kappa shape index (κ3) is 4.54. The van der Waals surface area contributed by atoms with Crippen LogP contribution in [0.15, 0.2) is 18.6 Å². The van der Waals surface area contributed by atoms with Gasteiger partial charge in [-0.15, -0.1) is 0 Å². The number of aliphatic hydroxyl groups is 1. The van der Waals surface area contributed by atoms with Crippen LogP contribution in [0.3, 0.4) is 0 Å². The Hall–Kier alpha value is -3.29. The Balaban J connectivity index is 1.33. The zero-order valence-corrected chi connectivity index (χ0v) is 20.7. The van der Waals surface area contributed by atoms with Crippen molar-refractivity contribution in [3.05, 3.63) is 34.6 Å². The molecular formula is C22H26N8O3S2. The smallest absolute Gasteiger partial charge is 0.270 e. The molecule has 0 saturated carbocycles. The lowest BCUT2D eigenvalue weighted by atomic mass is 10.1. The van der Waals surface area contributed by atoms with Crippen LogP contribution in [0.5, 0.6) is 5.88 Å². The van der Waals surface area contributed by atoms with Gasteiger partial charge < -0.3 is 30.6 Å². The number of hydrogen-bond acceptors (Lipinski definition) is 11. The molecule has 3 aromatic heterocycles. The van der Waals surface area contributed by atoms with E-state index in [-0.39, 0.29) is 35.8 Å². The highest BCUT2D eigenvalue weighted by atomic mass is 32.1. The third-order valence-corrected chi connectivity index (χ3v) is 7.76. The highest BCUT2D eigenvalue weighted by molar-refractivity contribution is 7.18. The molecule has 2 aliphatic rings. The van der Waals surface area contributed by atoms with Gasteiger partial charge >= 0.3 is 0 Å². The predicted octanol–water partition coefficient (Wildman–Crippen LogP) is 2.54. The number of nitrogens with zero attached hydrogens (tertiary/aromatic N) is 5. The quantitative estimate of drug-likeness (QED) is 0.237. The number of carbonyl (C=O) groups is 1. The van der Waals surface area contributed by atoms with Crippen LogP contribution < -0.4 is 20.4 Å². The van der Waals surface area contributed by atoms with E-state index in [1.165, 1.54) is 35.9 Å². The molecule has 184 valence electrons. The van der Waals surface area contributed by atoms with E-state index >= 15 is 0 Å². The van der Waals surface area contributed by atoms with E-state index in [1.807, 2.05) is 6.20 Å². The maximum Gasteiger partial charge on any atom is 0.270 e. The summed E-state index contributed by atoms with van der Waals surface area (Å²) in [4.78, 5) is 26.7. The first-order valence-corrected chi connectivity index (χ1v) is 13.0. The molecule has 3 aromatic rings. The largest absolute Gasteiger partial charge is 0.492 e. The fraction of sp³-hybridized carbons (Fsp3) is 0.409. The van der Waals surface area contributed by atoms with Crippen LogP contribution in [-0.4, -0.2) is 68.6 Å². The molecule has 0 bridgehead atoms. The summed E-state index contributed by atoms with van der Waals surface area (Å²) in [7, 11) is 0. The number of aromatic nitrogens is 3. The van der Waals surface area contributed by atoms with Gasteiger partial charge in [-0.05, 0) is 37.7 Å². The van der Waals surface area contributed by atoms with Gasteiger partial charge in [-0.2, -0.15) is 4.37 Å². The van der Waals surface area contributed by atoms with Gasteiger partial charge in [-0.3, -0.25) is 15.2 Å². The van der Waals surface area contributed by atoms with Crippen LogP contribution in [-0.2, 0) is 6.42 Å². The minimum Gasteiger partial charge on any atom is -0.492 e. The van der Waals surface area contributed by atoms with Crippen molar-refractivity contribution < 1.29 is 15.0 Å². The molecule has 13 heteroatoms. The van der Waals surface area contributed by atoms with Crippen LogP contribution in [0, 0.1) is 5.41 Å². The first kappa shape index (κ1) is 23.5. The highest BCUT2D eigenvalue weighted by Gasteiger charge is 2.31. The number of pyridine rings is 1. The second-order valence-electron chi connectivity index (χ2n) is 8.53. The summed E-state index contributed by atoms with van der Waals surface area (Å²) >= 11 is 2.18. The van der Waals surface area contributed by atoms with Crippen molar-refractivity contribution in [1.29, 1.82) is 5.41 Å². The van der Waals surface area contributed by atoms with E-state index in [0.717, 1.165) is 42.4 Å². The summed E-state index contributed by atoms with van der Waals surface area (Å²) in [5.74, 6) is -0.487. The Labute approximate surface area is 210 Å². The molecule has 11 nitrogen and oxygen atoms in total. The number of aliphatic hydroxyl groups excluding tert-OH is 1. The molecule has 1 unspecified atom stereocenters. The van der Waals surface area contributed by atoms with Crippen molar-refractivity contribution >= 4 is 56.1 Å². The van der Waals surface area contributed by atoms with Crippen molar-refractivity contribution in [3.63, 3.8) is 0 Å². The molecular weight excluding hydrogens is 488 g/mol. The average molecular weight is 515 g/mol. The lowest BCUT2D eigenvalue weighted by Gasteiger charge is -2.21. The number of thiazole rings is 1. The number of amides is 1. The van der Waals surface area contributed by atoms with Crippen molar-refractivity contribution in [2.45, 2.75) is 32.2 Å². The van der Waals surface area contributed by atoms with Crippen molar-refractivity contribution in [2.75, 3.05) is 41.4 Å². The number of fused-ring (bicyclic) bond motifs is 1. The standard InChI is InChI=1S/C22H26N8O3S2/c1-12(11-31)26-18(23)17-19(32)28-35-20(17)27-22-25-10-16(34-22)21(33)30-7-4-13-14(8-24-9-15(13)30)29-5-2-3-6-29/h8-10,12,31H,2-7,11H2,1H3,(H2,23,26)(H,25,27)(H,28,32). The van der Waals surface area contributed by atoms with Gasteiger partial charge in [-0.1, -0.05) is 11.3 Å². The molecule has 2 aliphatic heterocycles. The monoisotopic (exact) mass is 514 g/mol. The lowest BCUT2D eigenvalue weighted by molar-refractivity contribution is 0.0993. The van der Waals surface area contributed by atoms with Gasteiger partial charge in [0.05, 0.1) is 36.6 Å². The van der Waals surface area contributed by atoms with Crippen LogP contribution in [0.1, 0.15) is 40.6 Å². The SMILES string of the molecule is CC(CO)NC(=N)c1c(O)nsc1Nc1ncc(C(=O)N2CCc3c(N4CCCC4)cncc32)s1. The van der Waals surface area contributed by atoms with Gasteiger partial charge in [0.2, 0.25) is 5.88 Å². The summed E-state index contributed by atoms with van der Waals surface area (Å²) in [5.41, 5.74) is 3.35. The molecule has 0 aromatic carbocycles. The molecule has 0 aliphatic carbocycles. The van der Waals surface area contributed by atoms with Crippen molar-refractivity contribution in [1.82, 2.24) is 19.7 Å². The van der Waals surface area contributed by atoms with Crippen LogP contribution in [0.25, 0.3) is 0 Å². The number of aromatic hydroxyl groups is 1. The van der Waals surface area contributed by atoms with Gasteiger partial charge in [-0.25, -0.2) is 4.98 Å². The minimum atomic E-state index is -0.359. The topological polar surface area (TPSA) is 151 Å². The van der Waals surface area contributed by atoms with E-state index in [4.69, 9.17) is 5.41 Å². The minimum absolute atomic E-state index is 0.0665. The molecule has 1 saturated heterocycles. The Morgan fingerprint density at radius 3 is 2.77 bits per heavy atom. The summed E-state index contributed by atoms with van der Waals surface area (Å²) in [6.45, 7) is 4.21. The maximum absolute atomic E-state index is 13.4. The van der Waals surface area contributed by atoms with Gasteiger partial charge in [0.1, 0.15) is 21.3 Å². The van der Waals surface area contributed by atoms with Crippen LogP contribution >= 0.6 is 22.9 Å². The Morgan fingerprint density at radius 2 is 2.00 bits per heavy atom. The van der Waals surface area contributed by atoms with Gasteiger partial charge in [0.25, 0.3) is 5.91 Å². The number of carbonyl (C=O) groups excluding carboxylic acids is 1. The number of anilines is 4. The fourth-order valence-electron chi connectivity index (χ4n) is 4.36. The molecule has 35 heavy (non-hydrogen) atoms. The summed E-state index contributed by atoms with van der Waals surface area (Å²) in [6.07, 6.45) is 8.35. The van der Waals surface area contributed by atoms with Crippen LogP contribution in [0.2, 0.25) is 0 Å². The fourth-order valence-corrected chi connectivity index (χ4v) is 5.89. The van der Waals surface area contributed by atoms with Crippen molar-refractivity contribution in [2.24, 2.45) is 0 Å². The van der Waals surface area contributed by atoms with Crippen molar-refractivity contribution in [3.8, 4) is 5.88 Å². The second-order valence-corrected chi connectivity index (χ2v) is 10.3. The maximum atomic E-state index is 13.4. The number of amidine groups is 1. The van der Waals surface area contributed by atoms with Crippen LogP contribution in [0.4, 0.5) is 21.5 Å². The zero-order chi connectivity index (χ0) is 24.5. The normalized spacial score (nSPS) is 15.8. The van der Waals surface area contributed by atoms with E-state index in [1.54, 1.807) is 18.0 Å². The number of nitrogens with one attached hydrogen (secondary N) is 3. The summed E-state index contributed by atoms with van der Waals surface area (Å²) < 4.78 is 3.92. The summed E-state index contributed by atoms with van der Waals surface area (Å²) in [6, 6.07) is -0.359. The van der Waals surface area contributed by atoms with E-state index in [0.29, 0.717) is 21.6 Å². The number of hydrogen-bond donors (Lipinski definition) is 5. The molecule has 5 heterocycles. The molecule has 0 radical (unpaired) electrons. The average Bonchev–Trinajstić information content (AvgIpc) is 3.65. The molecule has 0 spiro atoms. The second kappa shape index (κ2) is 9.76. The first-order valence-electron chi connectivity index (χ1n) is 11.4. The van der Waals surface area contributed by atoms with E-state index < -0.39 is 0 Å². The number of rotatable bonds is 7. The Kier molecular flexibility index (Phi) is 6.54. The summed E-state index contributed by atoms with van der Waals surface area (Å²) in [5, 5.41) is 34.3. The van der Waals surface area contributed by atoms with Gasteiger partial charge in [0.15, 0.2) is 5.13 Å². The molecule has 1 fully saturated rings. The Bertz CT molecular complexity index is 1250. The zero-order valence-electron chi connectivity index (χ0n) is 19.1. The third-order valence-electron chi connectivity index (χ3n) is 6.11. The Morgan fingerprint density at radius 1 is 1.23 bits per heavy atom. The first-order chi connectivity index (χ1) is 17.0. The molecule has 5 rings (SSSR count). The molecule has 5 N–H and O–H groups in total. The molecule has 1 amide bonds. The van der Waals surface area contributed by atoms with E-state index in [9.17, 15) is 15.0 Å². The van der Waals surface area contributed by atoms with Gasteiger partial charge in [0, 0.05) is 31.2 Å². The highest BCUT2D eigenvalue weighted by Crippen LogP contribution is 2.38. The lowest BCUT2D eigenvalue weighted by Crippen LogP contribution is -2.35. The predicted molar refractivity (Wildman–Crippen MR) is 137 cm³/mol. The molecule has 1 atom stereocenters. The van der Waals surface area contributed by atoms with E-state index in [2.05, 4.69) is 29.9 Å².